The van der Waals surface area contributed by atoms with Crippen LogP contribution in [0.2, 0.25) is 0 Å². The molecule has 0 aliphatic heterocycles. The fourth-order valence-corrected chi connectivity index (χ4v) is 4.07. The van der Waals surface area contributed by atoms with Crippen molar-refractivity contribution < 1.29 is 10.0 Å². The highest BCUT2D eigenvalue weighted by Gasteiger charge is 2.27. The van der Waals surface area contributed by atoms with Gasteiger partial charge in [0.05, 0.1) is 17.4 Å². The minimum atomic E-state index is -0.563. The smallest absolute Gasteiger partial charge is 0.336 e. The highest BCUT2D eigenvalue weighted by atomic mass is 16.5. The van der Waals surface area contributed by atoms with Gasteiger partial charge in [0.2, 0.25) is 0 Å². The molecule has 7 nitrogen and oxygen atoms in total. The molecule has 2 aromatic rings. The van der Waals surface area contributed by atoms with Crippen LogP contribution in [0.15, 0.2) is 30.6 Å². The quantitative estimate of drug-likeness (QED) is 0.361. The van der Waals surface area contributed by atoms with Crippen molar-refractivity contribution in [1.82, 2.24) is 25.7 Å². The molecule has 0 saturated carbocycles. The Morgan fingerprint density at radius 1 is 1.31 bits per heavy atom. The molecular weight excluding hydrogens is 366 g/mol. The molecular formula is C22H31N5O2. The van der Waals surface area contributed by atoms with Gasteiger partial charge in [0.15, 0.2) is 0 Å². The van der Waals surface area contributed by atoms with Gasteiger partial charge in [-0.1, -0.05) is 12.1 Å². The number of hydrogen-bond donors (Lipinski definition) is 3. The predicted octanol–water partition coefficient (Wildman–Crippen LogP) is 3.44. The second-order valence-corrected chi connectivity index (χ2v) is 7.78. The number of rotatable bonds is 8. The van der Waals surface area contributed by atoms with E-state index >= 15 is 0 Å². The van der Waals surface area contributed by atoms with Crippen LogP contribution in [0.3, 0.4) is 0 Å². The third-order valence-electron chi connectivity index (χ3n) is 5.54. The second kappa shape index (κ2) is 10.3. The molecule has 0 spiro atoms. The molecule has 1 aliphatic carbocycles. The normalized spacial score (nSPS) is 15.8. The zero-order chi connectivity index (χ0) is 20.6. The molecule has 0 aromatic carbocycles. The summed E-state index contributed by atoms with van der Waals surface area (Å²) in [4.78, 5) is 23.0. The summed E-state index contributed by atoms with van der Waals surface area (Å²) >= 11 is 0. The molecule has 1 aliphatic rings. The number of nitrogens with zero attached hydrogens (tertiary/aromatic N) is 3. The van der Waals surface area contributed by atoms with E-state index in [1.54, 1.807) is 5.48 Å². The van der Waals surface area contributed by atoms with Crippen LogP contribution in [0.1, 0.15) is 59.8 Å². The van der Waals surface area contributed by atoms with Crippen molar-refractivity contribution >= 4 is 6.03 Å². The first-order valence-corrected chi connectivity index (χ1v) is 10.4. The molecule has 2 aromatic heterocycles. The molecule has 1 atom stereocenters. The van der Waals surface area contributed by atoms with Crippen LogP contribution in [0.4, 0.5) is 4.79 Å². The van der Waals surface area contributed by atoms with Crippen molar-refractivity contribution in [3.63, 3.8) is 0 Å². The average Bonchev–Trinajstić information content (AvgIpc) is 2.73. The van der Waals surface area contributed by atoms with E-state index in [0.29, 0.717) is 6.54 Å². The number of amides is 2. The summed E-state index contributed by atoms with van der Waals surface area (Å²) < 4.78 is 0. The first-order valence-electron chi connectivity index (χ1n) is 10.4. The zero-order valence-electron chi connectivity index (χ0n) is 17.3. The summed E-state index contributed by atoms with van der Waals surface area (Å²) in [7, 11) is 0. The van der Waals surface area contributed by atoms with Gasteiger partial charge >= 0.3 is 6.03 Å². The summed E-state index contributed by atoms with van der Waals surface area (Å²) in [6.45, 7) is 6.41. The van der Waals surface area contributed by atoms with E-state index in [-0.39, 0.29) is 6.04 Å². The Morgan fingerprint density at radius 3 is 2.97 bits per heavy atom. The third kappa shape index (κ3) is 5.74. The van der Waals surface area contributed by atoms with Crippen molar-refractivity contribution in [1.29, 1.82) is 0 Å². The molecule has 3 rings (SSSR count). The maximum absolute atomic E-state index is 11.1. The molecule has 0 bridgehead atoms. The average molecular weight is 398 g/mol. The van der Waals surface area contributed by atoms with Crippen molar-refractivity contribution in [3.8, 4) is 0 Å². The number of hydrogen-bond acceptors (Lipinski definition) is 5. The Labute approximate surface area is 172 Å². The molecule has 0 fully saturated rings. The number of hydroxylamine groups is 1. The monoisotopic (exact) mass is 397 g/mol. The Morgan fingerprint density at radius 2 is 2.17 bits per heavy atom. The van der Waals surface area contributed by atoms with Gasteiger partial charge in [-0.3, -0.25) is 20.1 Å². The van der Waals surface area contributed by atoms with Crippen LogP contribution >= 0.6 is 0 Å². The summed E-state index contributed by atoms with van der Waals surface area (Å²) in [6.07, 6.45) is 8.96. The highest BCUT2D eigenvalue weighted by molar-refractivity contribution is 5.72. The maximum atomic E-state index is 11.1. The topological polar surface area (TPSA) is 90.4 Å². The Hall–Kier alpha value is -2.51. The van der Waals surface area contributed by atoms with E-state index in [0.717, 1.165) is 44.5 Å². The number of aromatic nitrogens is 2. The van der Waals surface area contributed by atoms with Gasteiger partial charge in [0, 0.05) is 25.5 Å². The molecule has 29 heavy (non-hydrogen) atoms. The Bertz CT molecular complexity index is 827. The van der Waals surface area contributed by atoms with Gasteiger partial charge in [-0.05, 0) is 75.3 Å². The lowest BCUT2D eigenvalue weighted by Gasteiger charge is -2.35. The fourth-order valence-electron chi connectivity index (χ4n) is 4.07. The van der Waals surface area contributed by atoms with Crippen LogP contribution in [-0.4, -0.2) is 39.2 Å². The van der Waals surface area contributed by atoms with Crippen molar-refractivity contribution in [3.05, 3.63) is 58.7 Å². The number of carbonyl (C=O) groups is 1. The molecule has 156 valence electrons. The van der Waals surface area contributed by atoms with Gasteiger partial charge in [-0.2, -0.15) is 0 Å². The van der Waals surface area contributed by atoms with E-state index in [9.17, 15) is 4.79 Å². The summed E-state index contributed by atoms with van der Waals surface area (Å²) in [5.74, 6) is 0. The minimum absolute atomic E-state index is 0.288. The number of carbonyl (C=O) groups excluding carboxylic acids is 1. The van der Waals surface area contributed by atoms with Crippen molar-refractivity contribution in [2.45, 2.75) is 58.5 Å². The molecule has 3 N–H and O–H groups in total. The van der Waals surface area contributed by atoms with Crippen LogP contribution < -0.4 is 10.8 Å². The van der Waals surface area contributed by atoms with E-state index < -0.39 is 6.03 Å². The molecule has 0 radical (unpaired) electrons. The first kappa shape index (κ1) is 21.2. The van der Waals surface area contributed by atoms with Gasteiger partial charge in [-0.25, -0.2) is 10.3 Å². The molecule has 2 heterocycles. The molecule has 2 amide bonds. The van der Waals surface area contributed by atoms with Crippen molar-refractivity contribution in [2.24, 2.45) is 0 Å². The second-order valence-electron chi connectivity index (χ2n) is 7.78. The number of aryl methyl sites for hydroxylation is 3. The van der Waals surface area contributed by atoms with Crippen LogP contribution in [0.25, 0.3) is 0 Å². The standard InChI is InChI=1S/C22H31N5O2/c1-16-13-17(2)19(25-14-16)15-27(12-4-3-10-24-22(28)26-29)20-9-5-7-18-8-6-11-23-21(18)20/h6,8,11,13-14,20,29H,3-5,7,9-10,12,15H2,1-2H3,(H2,24,26,28). The lowest BCUT2D eigenvalue weighted by molar-refractivity contribution is 0.156. The maximum Gasteiger partial charge on any atom is 0.338 e. The zero-order valence-corrected chi connectivity index (χ0v) is 17.3. The van der Waals surface area contributed by atoms with E-state index in [1.165, 1.54) is 28.8 Å². The SMILES string of the molecule is Cc1cnc(CN(CCCCNC(=O)NO)C2CCCc3cccnc32)c(C)c1. The number of nitrogens with one attached hydrogen (secondary N) is 2. The first-order chi connectivity index (χ1) is 14.1. The minimum Gasteiger partial charge on any atom is -0.336 e. The lowest BCUT2D eigenvalue weighted by Crippen LogP contribution is -2.35. The largest absolute Gasteiger partial charge is 0.338 e. The number of unbranched alkanes of at least 4 members (excludes halogenated alkanes) is 1. The lowest BCUT2D eigenvalue weighted by atomic mass is 9.90. The summed E-state index contributed by atoms with van der Waals surface area (Å²) in [6, 6.07) is 6.13. The number of fused-ring (bicyclic) bond motifs is 1. The van der Waals surface area contributed by atoms with Crippen LogP contribution in [0.5, 0.6) is 0 Å². The van der Waals surface area contributed by atoms with Gasteiger partial charge in [0.1, 0.15) is 0 Å². The Balaban J connectivity index is 1.72. The van der Waals surface area contributed by atoms with Gasteiger partial charge in [-0.15, -0.1) is 0 Å². The fraction of sp³-hybridized carbons (Fsp3) is 0.500. The van der Waals surface area contributed by atoms with Gasteiger partial charge in [0.25, 0.3) is 0 Å². The van der Waals surface area contributed by atoms with E-state index in [1.807, 2.05) is 18.5 Å². The highest BCUT2D eigenvalue weighted by Crippen LogP contribution is 2.34. The van der Waals surface area contributed by atoms with Crippen LogP contribution in [-0.2, 0) is 13.0 Å². The summed E-state index contributed by atoms with van der Waals surface area (Å²) in [5, 5.41) is 11.2. The van der Waals surface area contributed by atoms with E-state index in [2.05, 4.69) is 36.2 Å². The number of urea groups is 1. The van der Waals surface area contributed by atoms with Crippen molar-refractivity contribution in [2.75, 3.05) is 13.1 Å². The Kier molecular flexibility index (Phi) is 7.55. The van der Waals surface area contributed by atoms with Crippen LogP contribution in [0, 0.1) is 13.8 Å². The number of pyridine rings is 2. The molecule has 0 saturated heterocycles. The predicted molar refractivity (Wildman–Crippen MR) is 112 cm³/mol. The summed E-state index contributed by atoms with van der Waals surface area (Å²) in [5.41, 5.74) is 7.64. The van der Waals surface area contributed by atoms with Gasteiger partial charge < -0.3 is 5.32 Å². The van der Waals surface area contributed by atoms with E-state index in [4.69, 9.17) is 15.2 Å². The molecule has 1 unspecified atom stereocenters. The third-order valence-corrected chi connectivity index (χ3v) is 5.54. The molecule has 7 heteroatoms.